The Morgan fingerprint density at radius 1 is 1.22 bits per heavy atom. The Labute approximate surface area is 166 Å². The minimum Gasteiger partial charge on any atom is -0.497 e. The molecule has 0 saturated carbocycles. The summed E-state index contributed by atoms with van der Waals surface area (Å²) >= 11 is 7.09. The number of carbonyl (C=O) groups is 1. The normalized spacial score (nSPS) is 10.6. The highest BCUT2D eigenvalue weighted by Crippen LogP contribution is 2.24. The molecule has 0 saturated heterocycles. The maximum atomic E-state index is 12.4. The topological polar surface area (TPSA) is 68.5 Å². The van der Waals surface area contributed by atoms with Gasteiger partial charge in [-0.3, -0.25) is 4.79 Å². The first kappa shape index (κ1) is 19.3. The van der Waals surface area contributed by atoms with Crippen molar-refractivity contribution in [3.8, 4) is 17.2 Å². The van der Waals surface area contributed by atoms with E-state index in [2.05, 4.69) is 10.2 Å². The summed E-state index contributed by atoms with van der Waals surface area (Å²) < 4.78 is 10.8. The predicted molar refractivity (Wildman–Crippen MR) is 105 cm³/mol. The van der Waals surface area contributed by atoms with Crippen molar-refractivity contribution in [2.75, 3.05) is 19.9 Å². The lowest BCUT2D eigenvalue weighted by molar-refractivity contribution is -0.127. The molecule has 3 aromatic rings. The van der Waals surface area contributed by atoms with Gasteiger partial charge in [-0.25, -0.2) is 0 Å². The summed E-state index contributed by atoms with van der Waals surface area (Å²) in [6, 6.07) is 14.8. The Balaban J connectivity index is 1.54. The van der Waals surface area contributed by atoms with E-state index in [9.17, 15) is 4.79 Å². The van der Waals surface area contributed by atoms with Crippen LogP contribution in [0.5, 0.6) is 5.75 Å². The van der Waals surface area contributed by atoms with Gasteiger partial charge in [0.15, 0.2) is 0 Å². The molecule has 27 heavy (non-hydrogen) atoms. The minimum atomic E-state index is -0.0333. The molecule has 0 radical (unpaired) electrons. The third-order valence-corrected chi connectivity index (χ3v) is 4.85. The number of hydrogen-bond donors (Lipinski definition) is 0. The first-order valence-corrected chi connectivity index (χ1v) is 9.50. The number of ether oxygens (including phenoxy) is 1. The van der Waals surface area contributed by atoms with Gasteiger partial charge in [-0.15, -0.1) is 10.2 Å². The van der Waals surface area contributed by atoms with Gasteiger partial charge >= 0.3 is 0 Å². The molecule has 6 nitrogen and oxygen atoms in total. The number of thioether (sulfide) groups is 1. The average Bonchev–Trinajstić information content (AvgIpc) is 3.15. The van der Waals surface area contributed by atoms with Crippen molar-refractivity contribution in [3.63, 3.8) is 0 Å². The van der Waals surface area contributed by atoms with Crippen molar-refractivity contribution in [1.82, 2.24) is 15.1 Å². The minimum absolute atomic E-state index is 0.0333. The number of methoxy groups -OCH3 is 1. The molecule has 1 heterocycles. The number of nitrogens with zero attached hydrogens (tertiary/aromatic N) is 3. The van der Waals surface area contributed by atoms with E-state index in [1.54, 1.807) is 43.3 Å². The first-order valence-electron chi connectivity index (χ1n) is 8.14. The molecule has 0 N–H and O–H groups in total. The molecule has 0 fully saturated rings. The Morgan fingerprint density at radius 2 is 2.00 bits per heavy atom. The van der Waals surface area contributed by atoms with E-state index in [0.29, 0.717) is 22.7 Å². The Hall–Kier alpha value is -2.51. The maximum Gasteiger partial charge on any atom is 0.277 e. The van der Waals surface area contributed by atoms with Gasteiger partial charge in [0.2, 0.25) is 11.8 Å². The van der Waals surface area contributed by atoms with Crippen LogP contribution in [-0.4, -0.2) is 40.9 Å². The molecular formula is C19H18ClN3O3S. The van der Waals surface area contributed by atoms with E-state index in [0.717, 1.165) is 16.9 Å². The fourth-order valence-corrected chi connectivity index (χ4v) is 3.17. The number of amides is 1. The number of hydrogen-bond acceptors (Lipinski definition) is 6. The van der Waals surface area contributed by atoms with Crippen LogP contribution in [0.4, 0.5) is 0 Å². The Morgan fingerprint density at radius 3 is 2.74 bits per heavy atom. The Bertz CT molecular complexity index is 915. The number of rotatable bonds is 7. The maximum absolute atomic E-state index is 12.4. The molecule has 0 aliphatic heterocycles. The van der Waals surface area contributed by atoms with E-state index in [-0.39, 0.29) is 11.7 Å². The second-order valence-corrected chi connectivity index (χ2v) is 7.13. The molecule has 2 aromatic carbocycles. The van der Waals surface area contributed by atoms with E-state index < -0.39 is 0 Å². The molecular weight excluding hydrogens is 386 g/mol. The summed E-state index contributed by atoms with van der Waals surface area (Å²) in [6.07, 6.45) is 0. The van der Waals surface area contributed by atoms with Gasteiger partial charge in [-0.05, 0) is 42.0 Å². The number of aromatic nitrogens is 2. The van der Waals surface area contributed by atoms with Crippen LogP contribution in [0.15, 0.2) is 58.2 Å². The third-order valence-electron chi connectivity index (χ3n) is 3.80. The number of benzene rings is 2. The highest BCUT2D eigenvalue weighted by Gasteiger charge is 2.14. The standard InChI is InChI=1S/C19H18ClN3O3S/c1-23(11-13-4-3-5-16(10-13)25-2)17(24)12-27-19-22-21-18(26-19)14-6-8-15(20)9-7-14/h3-10H,11-12H2,1-2H3. The van der Waals surface area contributed by atoms with E-state index in [4.69, 9.17) is 20.8 Å². The molecule has 0 aliphatic rings. The van der Waals surface area contributed by atoms with Crippen molar-refractivity contribution in [1.29, 1.82) is 0 Å². The van der Waals surface area contributed by atoms with Crippen LogP contribution in [0.25, 0.3) is 11.5 Å². The molecule has 0 unspecified atom stereocenters. The lowest BCUT2D eigenvalue weighted by atomic mass is 10.2. The van der Waals surface area contributed by atoms with E-state index >= 15 is 0 Å². The SMILES string of the molecule is COc1cccc(CN(C)C(=O)CSc2nnc(-c3ccc(Cl)cc3)o2)c1. The summed E-state index contributed by atoms with van der Waals surface area (Å²) in [7, 11) is 3.38. The zero-order valence-electron chi connectivity index (χ0n) is 14.9. The van der Waals surface area contributed by atoms with Gasteiger partial charge in [-0.2, -0.15) is 0 Å². The van der Waals surface area contributed by atoms with Crippen LogP contribution in [0.2, 0.25) is 5.02 Å². The van der Waals surface area contributed by atoms with Gasteiger partial charge in [0.1, 0.15) is 5.75 Å². The van der Waals surface area contributed by atoms with Crippen molar-refractivity contribution >= 4 is 29.3 Å². The predicted octanol–water partition coefficient (Wildman–Crippen LogP) is 4.15. The third kappa shape index (κ3) is 5.24. The molecule has 0 spiro atoms. The number of halogens is 1. The van der Waals surface area contributed by atoms with E-state index in [1.165, 1.54) is 11.8 Å². The molecule has 0 atom stereocenters. The highest BCUT2D eigenvalue weighted by atomic mass is 35.5. The van der Waals surface area contributed by atoms with Crippen molar-refractivity contribution in [3.05, 3.63) is 59.1 Å². The molecule has 3 rings (SSSR count). The van der Waals surface area contributed by atoms with Gasteiger partial charge in [0, 0.05) is 24.2 Å². The van der Waals surface area contributed by atoms with Gasteiger partial charge in [0.05, 0.1) is 12.9 Å². The van der Waals surface area contributed by atoms with Crippen LogP contribution in [0, 0.1) is 0 Å². The zero-order chi connectivity index (χ0) is 19.2. The summed E-state index contributed by atoms with van der Waals surface area (Å²) in [5, 5.41) is 8.97. The Kier molecular flexibility index (Phi) is 6.36. The second kappa shape index (κ2) is 8.92. The second-order valence-electron chi connectivity index (χ2n) is 5.77. The molecule has 1 aromatic heterocycles. The molecule has 140 valence electrons. The molecule has 0 aliphatic carbocycles. The first-order chi connectivity index (χ1) is 13.0. The fraction of sp³-hybridized carbons (Fsp3) is 0.211. The monoisotopic (exact) mass is 403 g/mol. The average molecular weight is 404 g/mol. The quantitative estimate of drug-likeness (QED) is 0.552. The summed E-state index contributed by atoms with van der Waals surface area (Å²) in [5.74, 6) is 1.34. The van der Waals surface area contributed by atoms with Crippen molar-refractivity contribution < 1.29 is 13.9 Å². The molecule has 1 amide bonds. The zero-order valence-corrected chi connectivity index (χ0v) is 16.5. The lowest BCUT2D eigenvalue weighted by Crippen LogP contribution is -2.27. The van der Waals surface area contributed by atoms with Gasteiger partial charge in [-0.1, -0.05) is 35.5 Å². The van der Waals surface area contributed by atoms with Crippen molar-refractivity contribution in [2.24, 2.45) is 0 Å². The van der Waals surface area contributed by atoms with Crippen LogP contribution in [0.1, 0.15) is 5.56 Å². The van der Waals surface area contributed by atoms with Crippen LogP contribution in [-0.2, 0) is 11.3 Å². The van der Waals surface area contributed by atoms with Gasteiger partial charge in [0.25, 0.3) is 5.22 Å². The van der Waals surface area contributed by atoms with Crippen molar-refractivity contribution in [2.45, 2.75) is 11.8 Å². The van der Waals surface area contributed by atoms with Crippen LogP contribution < -0.4 is 4.74 Å². The lowest BCUT2D eigenvalue weighted by Gasteiger charge is -2.17. The van der Waals surface area contributed by atoms with E-state index in [1.807, 2.05) is 24.3 Å². The largest absolute Gasteiger partial charge is 0.497 e. The fourth-order valence-electron chi connectivity index (χ4n) is 2.34. The molecule has 0 bridgehead atoms. The van der Waals surface area contributed by atoms with Gasteiger partial charge < -0.3 is 14.1 Å². The smallest absolute Gasteiger partial charge is 0.277 e. The summed E-state index contributed by atoms with van der Waals surface area (Å²) in [4.78, 5) is 14.0. The van der Waals surface area contributed by atoms with Crippen LogP contribution >= 0.6 is 23.4 Å². The highest BCUT2D eigenvalue weighted by molar-refractivity contribution is 7.99. The van der Waals surface area contributed by atoms with Crippen LogP contribution in [0.3, 0.4) is 0 Å². The summed E-state index contributed by atoms with van der Waals surface area (Å²) in [6.45, 7) is 0.496. The summed E-state index contributed by atoms with van der Waals surface area (Å²) in [5.41, 5.74) is 1.78. The number of carbonyl (C=O) groups excluding carboxylic acids is 1. The molecule has 8 heteroatoms.